The van der Waals surface area contributed by atoms with Crippen LogP contribution >= 0.6 is 0 Å². The maximum Gasteiger partial charge on any atom is 0.198 e. The molecule has 0 aliphatic carbocycles. The highest BCUT2D eigenvalue weighted by Gasteiger charge is 2.19. The van der Waals surface area contributed by atoms with E-state index in [1.165, 1.54) is 22.3 Å². The Bertz CT molecular complexity index is 441. The SMILES string of the molecule is CC(C)c1ccc(CCC[C]=O)c(C(C)C)c1C(C)C. The number of carbonyl (C=O) groups excluding carboxylic acids is 1. The fraction of sp³-hybridized carbons (Fsp3) is 0.632. The van der Waals surface area contributed by atoms with Crippen LogP contribution in [0.15, 0.2) is 12.1 Å². The Morgan fingerprint density at radius 1 is 0.900 bits per heavy atom. The summed E-state index contributed by atoms with van der Waals surface area (Å²) >= 11 is 0. The molecule has 1 nitrogen and oxygen atoms in total. The predicted molar refractivity (Wildman–Crippen MR) is 87.3 cm³/mol. The summed E-state index contributed by atoms with van der Waals surface area (Å²) in [6.45, 7) is 13.7. The molecule has 0 aliphatic heterocycles. The van der Waals surface area contributed by atoms with E-state index in [9.17, 15) is 4.79 Å². The summed E-state index contributed by atoms with van der Waals surface area (Å²) < 4.78 is 0. The van der Waals surface area contributed by atoms with E-state index >= 15 is 0 Å². The first-order valence-electron chi connectivity index (χ1n) is 7.90. The lowest BCUT2D eigenvalue weighted by atomic mass is 9.80. The zero-order valence-electron chi connectivity index (χ0n) is 13.9. The van der Waals surface area contributed by atoms with Crippen LogP contribution in [0.2, 0.25) is 0 Å². The molecule has 1 heteroatoms. The third-order valence-corrected chi connectivity index (χ3v) is 3.91. The van der Waals surface area contributed by atoms with Gasteiger partial charge in [-0.05, 0) is 52.8 Å². The second-order valence-corrected chi connectivity index (χ2v) is 6.60. The Morgan fingerprint density at radius 2 is 1.50 bits per heavy atom. The molecule has 111 valence electrons. The lowest BCUT2D eigenvalue weighted by molar-refractivity contribution is 0.548. The Labute approximate surface area is 124 Å². The minimum absolute atomic E-state index is 0.529. The Hall–Kier alpha value is -1.11. The fourth-order valence-corrected chi connectivity index (χ4v) is 3.10. The first kappa shape index (κ1) is 16.9. The number of hydrogen-bond donors (Lipinski definition) is 0. The predicted octanol–water partition coefficient (Wildman–Crippen LogP) is 5.49. The maximum atomic E-state index is 10.4. The molecule has 0 N–H and O–H groups in total. The molecule has 0 unspecified atom stereocenters. The Morgan fingerprint density at radius 3 is 1.95 bits per heavy atom. The number of benzene rings is 1. The third kappa shape index (κ3) is 3.94. The van der Waals surface area contributed by atoms with E-state index in [0.29, 0.717) is 24.2 Å². The van der Waals surface area contributed by atoms with Crippen LogP contribution in [0.4, 0.5) is 0 Å². The van der Waals surface area contributed by atoms with Crippen molar-refractivity contribution in [2.24, 2.45) is 0 Å². The van der Waals surface area contributed by atoms with Gasteiger partial charge in [0.25, 0.3) is 0 Å². The van der Waals surface area contributed by atoms with Crippen molar-refractivity contribution >= 4 is 6.29 Å². The minimum Gasteiger partial charge on any atom is -0.291 e. The first-order chi connectivity index (χ1) is 9.40. The van der Waals surface area contributed by atoms with E-state index in [2.05, 4.69) is 53.7 Å². The van der Waals surface area contributed by atoms with Gasteiger partial charge in [-0.1, -0.05) is 53.7 Å². The van der Waals surface area contributed by atoms with Crippen LogP contribution in [-0.2, 0) is 11.2 Å². The van der Waals surface area contributed by atoms with Gasteiger partial charge in [-0.25, -0.2) is 0 Å². The standard InChI is InChI=1S/C19H29O/c1-13(2)17-11-10-16(9-7-8-12-20)18(14(3)4)19(17)15(5)6/h10-11,13-15H,7-9H2,1-6H3. The smallest absolute Gasteiger partial charge is 0.198 e. The van der Waals surface area contributed by atoms with Gasteiger partial charge in [0, 0.05) is 6.42 Å². The molecule has 0 aromatic heterocycles. The van der Waals surface area contributed by atoms with Gasteiger partial charge in [-0.3, -0.25) is 4.79 Å². The molecule has 1 aromatic rings. The van der Waals surface area contributed by atoms with Crippen molar-refractivity contribution in [3.63, 3.8) is 0 Å². The van der Waals surface area contributed by atoms with E-state index < -0.39 is 0 Å². The number of hydrogen-bond acceptors (Lipinski definition) is 1. The van der Waals surface area contributed by atoms with E-state index in [-0.39, 0.29) is 0 Å². The Kier molecular flexibility index (Phi) is 6.45. The highest BCUT2D eigenvalue weighted by atomic mass is 16.1. The van der Waals surface area contributed by atoms with Crippen LogP contribution in [0.3, 0.4) is 0 Å². The van der Waals surface area contributed by atoms with Crippen molar-refractivity contribution in [1.29, 1.82) is 0 Å². The summed E-state index contributed by atoms with van der Waals surface area (Å²) in [6.07, 6.45) is 4.44. The van der Waals surface area contributed by atoms with Gasteiger partial charge in [0.2, 0.25) is 0 Å². The maximum absolute atomic E-state index is 10.4. The summed E-state index contributed by atoms with van der Waals surface area (Å²) in [6, 6.07) is 4.58. The number of unbranched alkanes of at least 4 members (excludes halogenated alkanes) is 1. The molecule has 0 aliphatic rings. The van der Waals surface area contributed by atoms with Gasteiger partial charge in [0.15, 0.2) is 6.29 Å². The summed E-state index contributed by atoms with van der Waals surface area (Å²) in [4.78, 5) is 10.4. The zero-order valence-corrected chi connectivity index (χ0v) is 13.9. The van der Waals surface area contributed by atoms with E-state index in [1.807, 2.05) is 6.29 Å². The zero-order chi connectivity index (χ0) is 15.3. The molecule has 0 bridgehead atoms. The van der Waals surface area contributed by atoms with Crippen LogP contribution in [0.25, 0.3) is 0 Å². The molecule has 0 spiro atoms. The molecular weight excluding hydrogens is 244 g/mol. The van der Waals surface area contributed by atoms with Gasteiger partial charge in [-0.15, -0.1) is 0 Å². The van der Waals surface area contributed by atoms with Gasteiger partial charge in [0.05, 0.1) is 0 Å². The van der Waals surface area contributed by atoms with Crippen molar-refractivity contribution in [3.05, 3.63) is 34.4 Å². The fourth-order valence-electron chi connectivity index (χ4n) is 3.10. The molecule has 1 aromatic carbocycles. The molecule has 0 atom stereocenters. The van der Waals surface area contributed by atoms with Gasteiger partial charge < -0.3 is 0 Å². The van der Waals surface area contributed by atoms with E-state index in [1.54, 1.807) is 0 Å². The van der Waals surface area contributed by atoms with Crippen molar-refractivity contribution in [1.82, 2.24) is 0 Å². The Balaban J connectivity index is 3.32. The molecule has 20 heavy (non-hydrogen) atoms. The normalized spacial score (nSPS) is 11.7. The van der Waals surface area contributed by atoms with Crippen molar-refractivity contribution in [3.8, 4) is 0 Å². The van der Waals surface area contributed by atoms with Crippen molar-refractivity contribution < 1.29 is 4.79 Å². The molecule has 0 saturated carbocycles. The summed E-state index contributed by atoms with van der Waals surface area (Å²) in [5, 5.41) is 0. The highest BCUT2D eigenvalue weighted by molar-refractivity contribution is 5.50. The second-order valence-electron chi connectivity index (χ2n) is 6.60. The average Bonchev–Trinajstić information content (AvgIpc) is 2.37. The van der Waals surface area contributed by atoms with Crippen molar-refractivity contribution in [2.75, 3.05) is 0 Å². The second kappa shape index (κ2) is 7.61. The van der Waals surface area contributed by atoms with Crippen LogP contribution in [0.5, 0.6) is 0 Å². The minimum atomic E-state index is 0.529. The van der Waals surface area contributed by atoms with Crippen LogP contribution < -0.4 is 0 Å². The monoisotopic (exact) mass is 273 g/mol. The van der Waals surface area contributed by atoms with Crippen molar-refractivity contribution in [2.45, 2.75) is 78.6 Å². The molecule has 0 fully saturated rings. The lowest BCUT2D eigenvalue weighted by Gasteiger charge is -2.25. The molecule has 1 rings (SSSR count). The van der Waals surface area contributed by atoms with E-state index in [4.69, 9.17) is 0 Å². The quantitative estimate of drug-likeness (QED) is 0.600. The molecule has 1 radical (unpaired) electrons. The number of rotatable bonds is 7. The summed E-state index contributed by atoms with van der Waals surface area (Å²) in [5.74, 6) is 1.63. The topological polar surface area (TPSA) is 17.1 Å². The number of aryl methyl sites for hydroxylation is 1. The molecule has 0 amide bonds. The molecule has 0 heterocycles. The summed E-state index contributed by atoms with van der Waals surface area (Å²) in [7, 11) is 0. The van der Waals surface area contributed by atoms with Crippen LogP contribution in [-0.4, -0.2) is 6.29 Å². The summed E-state index contributed by atoms with van der Waals surface area (Å²) in [5.41, 5.74) is 5.94. The van der Waals surface area contributed by atoms with Crippen LogP contribution in [0, 0.1) is 0 Å². The average molecular weight is 273 g/mol. The van der Waals surface area contributed by atoms with Gasteiger partial charge in [-0.2, -0.15) is 0 Å². The van der Waals surface area contributed by atoms with Gasteiger partial charge in [0.1, 0.15) is 0 Å². The highest BCUT2D eigenvalue weighted by Crippen LogP contribution is 2.36. The van der Waals surface area contributed by atoms with Crippen LogP contribution in [0.1, 0.15) is 94.4 Å². The van der Waals surface area contributed by atoms with E-state index in [0.717, 1.165) is 12.8 Å². The lowest BCUT2D eigenvalue weighted by Crippen LogP contribution is -2.09. The first-order valence-corrected chi connectivity index (χ1v) is 7.90. The molecular formula is C19H29O. The molecule has 0 saturated heterocycles. The third-order valence-electron chi connectivity index (χ3n) is 3.91. The van der Waals surface area contributed by atoms with Gasteiger partial charge >= 0.3 is 0 Å². The largest absolute Gasteiger partial charge is 0.291 e.